The Morgan fingerprint density at radius 1 is 1.15 bits per heavy atom. The summed E-state index contributed by atoms with van der Waals surface area (Å²) in [6.45, 7) is 4.81. The van der Waals surface area contributed by atoms with Crippen molar-refractivity contribution in [1.29, 1.82) is 0 Å². The first-order chi connectivity index (χ1) is 6.36. The normalized spacial score (nSPS) is 36.2. The lowest BCUT2D eigenvalue weighted by Crippen LogP contribution is -2.25. The molecule has 1 atom stereocenters. The van der Waals surface area contributed by atoms with Crippen molar-refractivity contribution in [2.75, 3.05) is 13.1 Å². The van der Waals surface area contributed by atoms with Crippen molar-refractivity contribution >= 4 is 0 Å². The van der Waals surface area contributed by atoms with Gasteiger partial charge in [-0.05, 0) is 44.6 Å². The molecule has 1 heteroatoms. The maximum Gasteiger partial charge on any atom is 0.0167 e. The first kappa shape index (κ1) is 9.26. The van der Waals surface area contributed by atoms with Gasteiger partial charge in [-0.15, -0.1) is 0 Å². The Balaban J connectivity index is 2.02. The monoisotopic (exact) mass is 179 g/mol. The highest BCUT2D eigenvalue weighted by Gasteiger charge is 2.17. The first-order valence-electron chi connectivity index (χ1n) is 5.77. The third-order valence-corrected chi connectivity index (χ3v) is 3.44. The van der Waals surface area contributed by atoms with Gasteiger partial charge in [0.2, 0.25) is 0 Å². The molecule has 1 heterocycles. The highest BCUT2D eigenvalue weighted by molar-refractivity contribution is 5.19. The number of nitrogens with one attached hydrogen (secondary N) is 1. The van der Waals surface area contributed by atoms with Crippen LogP contribution in [0.15, 0.2) is 11.1 Å². The molecule has 0 aromatic rings. The molecule has 0 radical (unpaired) electrons. The van der Waals surface area contributed by atoms with Crippen molar-refractivity contribution in [3.8, 4) is 0 Å². The molecule has 13 heavy (non-hydrogen) atoms. The van der Waals surface area contributed by atoms with Gasteiger partial charge in [0.05, 0.1) is 0 Å². The first-order valence-corrected chi connectivity index (χ1v) is 5.77. The molecule has 74 valence electrons. The summed E-state index contributed by atoms with van der Waals surface area (Å²) in [5.41, 5.74) is 3.55. The van der Waals surface area contributed by atoms with Crippen LogP contribution in [0.2, 0.25) is 0 Å². The maximum atomic E-state index is 3.49. The smallest absolute Gasteiger partial charge is 0.0167 e. The Morgan fingerprint density at radius 3 is 2.69 bits per heavy atom. The maximum absolute atomic E-state index is 3.49. The third kappa shape index (κ3) is 2.34. The summed E-state index contributed by atoms with van der Waals surface area (Å²) in [4.78, 5) is 0. The van der Waals surface area contributed by atoms with E-state index >= 15 is 0 Å². The average molecular weight is 179 g/mol. The van der Waals surface area contributed by atoms with Gasteiger partial charge in [-0.3, -0.25) is 0 Å². The molecule has 0 aromatic heterocycles. The summed E-state index contributed by atoms with van der Waals surface area (Å²) in [5, 5.41) is 3.49. The summed E-state index contributed by atoms with van der Waals surface area (Å²) in [6.07, 6.45) is 8.38. The molecule has 1 aliphatic carbocycles. The lowest BCUT2D eigenvalue weighted by Gasteiger charge is -2.26. The zero-order chi connectivity index (χ0) is 9.10. The van der Waals surface area contributed by atoms with E-state index < -0.39 is 0 Å². The zero-order valence-corrected chi connectivity index (χ0v) is 8.73. The van der Waals surface area contributed by atoms with E-state index in [4.69, 9.17) is 0 Å². The van der Waals surface area contributed by atoms with Crippen molar-refractivity contribution in [2.24, 2.45) is 5.92 Å². The van der Waals surface area contributed by atoms with Crippen LogP contribution in [-0.2, 0) is 0 Å². The quantitative estimate of drug-likeness (QED) is 0.564. The van der Waals surface area contributed by atoms with Crippen LogP contribution in [0.3, 0.4) is 0 Å². The summed E-state index contributed by atoms with van der Waals surface area (Å²) in [6, 6.07) is 0. The molecule has 1 unspecified atom stereocenters. The molecular formula is C12H21N. The zero-order valence-electron chi connectivity index (χ0n) is 8.73. The average Bonchev–Trinajstić information content (AvgIpc) is 2.19. The number of piperidine rings is 1. The van der Waals surface area contributed by atoms with Crippen molar-refractivity contribution in [1.82, 2.24) is 5.32 Å². The molecular weight excluding hydrogens is 158 g/mol. The summed E-state index contributed by atoms with van der Waals surface area (Å²) in [5.74, 6) is 0.943. The fraction of sp³-hybridized carbons (Fsp3) is 0.833. The highest BCUT2D eigenvalue weighted by Crippen LogP contribution is 2.31. The Bertz CT molecular complexity index is 197. The van der Waals surface area contributed by atoms with E-state index in [9.17, 15) is 0 Å². The molecule has 0 bridgehead atoms. The highest BCUT2D eigenvalue weighted by atomic mass is 14.9. The van der Waals surface area contributed by atoms with Gasteiger partial charge in [-0.2, -0.15) is 0 Å². The molecule has 1 aliphatic heterocycles. The van der Waals surface area contributed by atoms with Crippen LogP contribution in [-0.4, -0.2) is 13.1 Å². The molecule has 2 rings (SSSR count). The molecule has 2 aliphatic rings. The SMILES string of the molecule is CC1CCCC(=C2CCCNC2)C1. The standard InChI is InChI=1S/C12H21N/c1-10-4-2-5-11(8-10)12-6-3-7-13-9-12/h10,13H,2-9H2,1H3. The van der Waals surface area contributed by atoms with E-state index in [0.717, 1.165) is 5.92 Å². The number of hydrogen-bond donors (Lipinski definition) is 1. The predicted molar refractivity (Wildman–Crippen MR) is 56.8 cm³/mol. The van der Waals surface area contributed by atoms with E-state index in [-0.39, 0.29) is 0 Å². The summed E-state index contributed by atoms with van der Waals surface area (Å²) < 4.78 is 0. The second-order valence-electron chi connectivity index (χ2n) is 4.69. The van der Waals surface area contributed by atoms with E-state index in [1.54, 1.807) is 11.1 Å². The second-order valence-corrected chi connectivity index (χ2v) is 4.69. The second kappa shape index (κ2) is 4.28. The summed E-state index contributed by atoms with van der Waals surface area (Å²) in [7, 11) is 0. The topological polar surface area (TPSA) is 12.0 Å². The Morgan fingerprint density at radius 2 is 2.00 bits per heavy atom. The van der Waals surface area contributed by atoms with Gasteiger partial charge in [0.1, 0.15) is 0 Å². The molecule has 0 amide bonds. The molecule has 1 N–H and O–H groups in total. The fourth-order valence-electron chi connectivity index (χ4n) is 2.67. The molecule has 2 fully saturated rings. The minimum atomic E-state index is 0.943. The summed E-state index contributed by atoms with van der Waals surface area (Å²) >= 11 is 0. The minimum absolute atomic E-state index is 0.943. The van der Waals surface area contributed by atoms with Crippen molar-refractivity contribution < 1.29 is 0 Å². The van der Waals surface area contributed by atoms with E-state index in [1.807, 2.05) is 0 Å². The van der Waals surface area contributed by atoms with Gasteiger partial charge >= 0.3 is 0 Å². The molecule has 1 saturated carbocycles. The van der Waals surface area contributed by atoms with Gasteiger partial charge in [0.25, 0.3) is 0 Å². The van der Waals surface area contributed by atoms with Gasteiger partial charge in [0.15, 0.2) is 0 Å². The van der Waals surface area contributed by atoms with Crippen molar-refractivity contribution in [2.45, 2.75) is 45.4 Å². The lowest BCUT2D eigenvalue weighted by atomic mass is 9.83. The Hall–Kier alpha value is -0.300. The van der Waals surface area contributed by atoms with E-state index in [0.29, 0.717) is 0 Å². The number of hydrogen-bond acceptors (Lipinski definition) is 1. The van der Waals surface area contributed by atoms with Gasteiger partial charge < -0.3 is 5.32 Å². The van der Waals surface area contributed by atoms with Crippen LogP contribution in [0.1, 0.15) is 45.4 Å². The van der Waals surface area contributed by atoms with Crippen molar-refractivity contribution in [3.05, 3.63) is 11.1 Å². The Labute approximate surface area is 81.6 Å². The fourth-order valence-corrected chi connectivity index (χ4v) is 2.67. The number of rotatable bonds is 0. The van der Waals surface area contributed by atoms with E-state index in [2.05, 4.69) is 12.2 Å². The van der Waals surface area contributed by atoms with Crippen LogP contribution in [0.4, 0.5) is 0 Å². The van der Waals surface area contributed by atoms with Crippen LogP contribution < -0.4 is 5.32 Å². The number of allylic oxidation sites excluding steroid dienone is 1. The largest absolute Gasteiger partial charge is 0.313 e. The molecule has 1 saturated heterocycles. The lowest BCUT2D eigenvalue weighted by molar-refractivity contribution is 0.443. The molecule has 0 spiro atoms. The third-order valence-electron chi connectivity index (χ3n) is 3.44. The van der Waals surface area contributed by atoms with Crippen LogP contribution in [0.25, 0.3) is 0 Å². The minimum Gasteiger partial charge on any atom is -0.313 e. The van der Waals surface area contributed by atoms with Crippen LogP contribution in [0, 0.1) is 5.92 Å². The molecule has 1 nitrogen and oxygen atoms in total. The van der Waals surface area contributed by atoms with Gasteiger partial charge in [0, 0.05) is 6.54 Å². The predicted octanol–water partition coefficient (Wildman–Crippen LogP) is 2.88. The van der Waals surface area contributed by atoms with Crippen LogP contribution >= 0.6 is 0 Å². The molecule has 0 aromatic carbocycles. The van der Waals surface area contributed by atoms with Crippen molar-refractivity contribution in [3.63, 3.8) is 0 Å². The van der Waals surface area contributed by atoms with Gasteiger partial charge in [-0.25, -0.2) is 0 Å². The van der Waals surface area contributed by atoms with E-state index in [1.165, 1.54) is 51.6 Å². The van der Waals surface area contributed by atoms with Crippen LogP contribution in [0.5, 0.6) is 0 Å². The Kier molecular flexibility index (Phi) is 3.05. The van der Waals surface area contributed by atoms with Gasteiger partial charge in [-0.1, -0.05) is 24.5 Å².